The lowest BCUT2D eigenvalue weighted by atomic mass is 9.97. The zero-order valence-corrected chi connectivity index (χ0v) is 27.3. The van der Waals surface area contributed by atoms with E-state index in [1.165, 1.54) is 38.1 Å². The van der Waals surface area contributed by atoms with Crippen LogP contribution in [0, 0.1) is 0 Å². The molecule has 50 heavy (non-hydrogen) atoms. The van der Waals surface area contributed by atoms with Gasteiger partial charge in [-0.05, 0) is 104 Å². The van der Waals surface area contributed by atoms with E-state index in [1.807, 2.05) is 0 Å². The van der Waals surface area contributed by atoms with Gasteiger partial charge in [-0.2, -0.15) is 0 Å². The zero-order chi connectivity index (χ0) is 33.0. The summed E-state index contributed by atoms with van der Waals surface area (Å²) in [6, 6.07) is 67.6. The van der Waals surface area contributed by atoms with Crippen LogP contribution in [-0.2, 0) is 0 Å². The summed E-state index contributed by atoms with van der Waals surface area (Å²) in [4.78, 5) is 2.36. The third-order valence-electron chi connectivity index (χ3n) is 10.0. The number of furan rings is 1. The van der Waals surface area contributed by atoms with E-state index in [-0.39, 0.29) is 0 Å². The Kier molecular flexibility index (Phi) is 6.53. The van der Waals surface area contributed by atoms with Crippen LogP contribution in [0.5, 0.6) is 0 Å². The Morgan fingerprint density at radius 3 is 1.78 bits per heavy atom. The number of nitrogens with zero attached hydrogens (tertiary/aromatic N) is 1. The maximum absolute atomic E-state index is 6.55. The average Bonchev–Trinajstić information content (AvgIpc) is 3.58. The van der Waals surface area contributed by atoms with Crippen molar-refractivity contribution < 1.29 is 4.42 Å². The highest BCUT2D eigenvalue weighted by atomic mass is 16.3. The summed E-state index contributed by atoms with van der Waals surface area (Å²) >= 11 is 0. The minimum absolute atomic E-state index is 0.898. The first-order chi connectivity index (χ1) is 24.8. The van der Waals surface area contributed by atoms with Crippen molar-refractivity contribution in [3.05, 3.63) is 188 Å². The zero-order valence-electron chi connectivity index (χ0n) is 27.3. The van der Waals surface area contributed by atoms with E-state index in [1.54, 1.807) is 0 Å². The molecule has 0 aliphatic heterocycles. The Labute approximate surface area is 290 Å². The second kappa shape index (κ2) is 11.5. The summed E-state index contributed by atoms with van der Waals surface area (Å²) < 4.78 is 6.55. The smallest absolute Gasteiger partial charge is 0.143 e. The number of fused-ring (bicyclic) bond motifs is 7. The lowest BCUT2D eigenvalue weighted by molar-refractivity contribution is 0.673. The van der Waals surface area contributed by atoms with Crippen molar-refractivity contribution in [2.45, 2.75) is 0 Å². The standard InChI is InChI=1S/C48H31NO/c1-3-12-36-29-38(20-19-32(36)9-1)34-21-25-40(26-22-34)49(42-27-23-33-10-2-4-13-37(33)30-42)41-15-7-14-39(31-41)43-17-8-18-46-47(43)45-28-24-35-11-5-6-16-44(35)48(45)50-46/h1-31H. The lowest BCUT2D eigenvalue weighted by Gasteiger charge is -2.26. The fraction of sp³-hybridized carbons (Fsp3) is 0. The van der Waals surface area contributed by atoms with Crippen molar-refractivity contribution in [3.8, 4) is 22.3 Å². The topological polar surface area (TPSA) is 16.4 Å². The second-order valence-electron chi connectivity index (χ2n) is 13.0. The van der Waals surface area contributed by atoms with Gasteiger partial charge in [-0.1, -0.05) is 133 Å². The lowest BCUT2D eigenvalue weighted by Crippen LogP contribution is -2.10. The van der Waals surface area contributed by atoms with Gasteiger partial charge in [-0.15, -0.1) is 0 Å². The van der Waals surface area contributed by atoms with Crippen LogP contribution in [0.25, 0.3) is 76.5 Å². The van der Waals surface area contributed by atoms with E-state index in [0.717, 1.165) is 55.5 Å². The molecule has 10 aromatic rings. The number of benzene rings is 9. The maximum Gasteiger partial charge on any atom is 0.143 e. The molecule has 10 rings (SSSR count). The van der Waals surface area contributed by atoms with E-state index in [9.17, 15) is 0 Å². The molecular weight excluding hydrogens is 607 g/mol. The summed E-state index contributed by atoms with van der Waals surface area (Å²) in [6.07, 6.45) is 0. The van der Waals surface area contributed by atoms with Crippen LogP contribution >= 0.6 is 0 Å². The van der Waals surface area contributed by atoms with Crippen LogP contribution in [0.4, 0.5) is 17.1 Å². The van der Waals surface area contributed by atoms with Crippen LogP contribution in [0.2, 0.25) is 0 Å². The fourth-order valence-electron chi connectivity index (χ4n) is 7.54. The van der Waals surface area contributed by atoms with E-state index in [0.29, 0.717) is 0 Å². The molecule has 0 amide bonds. The number of rotatable bonds is 5. The van der Waals surface area contributed by atoms with Gasteiger partial charge < -0.3 is 9.32 Å². The first-order valence-corrected chi connectivity index (χ1v) is 17.1. The molecule has 0 saturated heterocycles. The predicted molar refractivity (Wildman–Crippen MR) is 212 cm³/mol. The summed E-state index contributed by atoms with van der Waals surface area (Å²) in [5, 5.41) is 9.52. The van der Waals surface area contributed by atoms with E-state index in [2.05, 4.69) is 193 Å². The Bertz CT molecular complexity index is 2880. The molecule has 2 nitrogen and oxygen atoms in total. The highest BCUT2D eigenvalue weighted by Crippen LogP contribution is 2.42. The molecule has 0 bridgehead atoms. The Morgan fingerprint density at radius 1 is 0.340 bits per heavy atom. The molecule has 0 radical (unpaired) electrons. The van der Waals surface area contributed by atoms with Crippen LogP contribution in [0.3, 0.4) is 0 Å². The van der Waals surface area contributed by atoms with Gasteiger partial charge in [0.25, 0.3) is 0 Å². The molecule has 234 valence electrons. The molecule has 0 N–H and O–H groups in total. The van der Waals surface area contributed by atoms with Crippen molar-refractivity contribution in [3.63, 3.8) is 0 Å². The minimum atomic E-state index is 0.898. The molecule has 0 atom stereocenters. The number of hydrogen-bond acceptors (Lipinski definition) is 2. The van der Waals surface area contributed by atoms with Crippen LogP contribution in [0.15, 0.2) is 192 Å². The van der Waals surface area contributed by atoms with Crippen molar-refractivity contribution in [1.82, 2.24) is 0 Å². The molecule has 9 aromatic carbocycles. The van der Waals surface area contributed by atoms with Gasteiger partial charge in [-0.3, -0.25) is 0 Å². The molecule has 1 aromatic heterocycles. The second-order valence-corrected chi connectivity index (χ2v) is 13.0. The number of hydrogen-bond donors (Lipinski definition) is 0. The van der Waals surface area contributed by atoms with Gasteiger partial charge >= 0.3 is 0 Å². The highest BCUT2D eigenvalue weighted by molar-refractivity contribution is 6.19. The first-order valence-electron chi connectivity index (χ1n) is 17.1. The Balaban J connectivity index is 1.12. The molecular formula is C48H31NO. The molecule has 0 fully saturated rings. The molecule has 1 heterocycles. The van der Waals surface area contributed by atoms with Crippen molar-refractivity contribution >= 4 is 71.3 Å². The number of anilines is 3. The van der Waals surface area contributed by atoms with Gasteiger partial charge in [0.2, 0.25) is 0 Å². The van der Waals surface area contributed by atoms with Crippen LogP contribution < -0.4 is 4.90 Å². The Morgan fingerprint density at radius 2 is 0.960 bits per heavy atom. The van der Waals surface area contributed by atoms with Gasteiger partial charge in [0.1, 0.15) is 11.2 Å². The SMILES string of the molecule is c1cc(-c2cccc3oc4c5ccccc5ccc4c23)cc(N(c2ccc(-c3ccc4ccccc4c3)cc2)c2ccc3ccccc3c2)c1. The van der Waals surface area contributed by atoms with Crippen LogP contribution in [0.1, 0.15) is 0 Å². The molecule has 0 aliphatic rings. The Hall–Kier alpha value is -6.64. The molecule has 0 saturated carbocycles. The summed E-state index contributed by atoms with van der Waals surface area (Å²) in [5.41, 5.74) is 9.83. The largest absolute Gasteiger partial charge is 0.455 e. The van der Waals surface area contributed by atoms with Gasteiger partial charge in [0, 0.05) is 33.2 Å². The minimum Gasteiger partial charge on any atom is -0.455 e. The third-order valence-corrected chi connectivity index (χ3v) is 10.0. The quantitative estimate of drug-likeness (QED) is 0.187. The van der Waals surface area contributed by atoms with Crippen molar-refractivity contribution in [1.29, 1.82) is 0 Å². The van der Waals surface area contributed by atoms with Crippen molar-refractivity contribution in [2.24, 2.45) is 0 Å². The molecule has 0 unspecified atom stereocenters. The fourth-order valence-corrected chi connectivity index (χ4v) is 7.54. The van der Waals surface area contributed by atoms with E-state index >= 15 is 0 Å². The van der Waals surface area contributed by atoms with Gasteiger partial charge in [-0.25, -0.2) is 0 Å². The summed E-state index contributed by atoms with van der Waals surface area (Å²) in [7, 11) is 0. The average molecular weight is 638 g/mol. The third kappa shape index (κ3) is 4.73. The normalized spacial score (nSPS) is 11.6. The maximum atomic E-state index is 6.55. The van der Waals surface area contributed by atoms with Gasteiger partial charge in [0.05, 0.1) is 0 Å². The molecule has 0 spiro atoms. The summed E-state index contributed by atoms with van der Waals surface area (Å²) in [6.45, 7) is 0. The van der Waals surface area contributed by atoms with E-state index in [4.69, 9.17) is 4.42 Å². The molecule has 2 heteroatoms. The highest BCUT2D eigenvalue weighted by Gasteiger charge is 2.18. The van der Waals surface area contributed by atoms with Gasteiger partial charge in [0.15, 0.2) is 0 Å². The monoisotopic (exact) mass is 637 g/mol. The molecule has 0 aliphatic carbocycles. The van der Waals surface area contributed by atoms with E-state index < -0.39 is 0 Å². The first kappa shape index (κ1) is 28.4. The predicted octanol–water partition coefficient (Wildman–Crippen LogP) is 13.8. The summed E-state index contributed by atoms with van der Waals surface area (Å²) in [5.74, 6) is 0. The van der Waals surface area contributed by atoms with Crippen molar-refractivity contribution in [2.75, 3.05) is 4.90 Å². The van der Waals surface area contributed by atoms with Crippen LogP contribution in [-0.4, -0.2) is 0 Å².